The van der Waals surface area contributed by atoms with Crippen LogP contribution in [0.5, 0.6) is 0 Å². The molecule has 0 radical (unpaired) electrons. The topological polar surface area (TPSA) is 0 Å². The van der Waals surface area contributed by atoms with Gasteiger partial charge in [-0.2, -0.15) is 0 Å². The highest BCUT2D eigenvalue weighted by Crippen LogP contribution is 2.33. The van der Waals surface area contributed by atoms with Gasteiger partial charge in [0.2, 0.25) is 0 Å². The van der Waals surface area contributed by atoms with E-state index in [9.17, 15) is 0 Å². The Morgan fingerprint density at radius 3 is 2.42 bits per heavy atom. The van der Waals surface area contributed by atoms with Gasteiger partial charge in [0.15, 0.2) is 0 Å². The standard InChI is InChI=1S/C11H9Br/c12-11-8-4-7-10(11)9-5-2-1-3-6-9/h1-8,10H. The number of halogens is 1. The van der Waals surface area contributed by atoms with Crippen molar-refractivity contribution in [1.82, 2.24) is 0 Å². The van der Waals surface area contributed by atoms with Gasteiger partial charge in [-0.25, -0.2) is 0 Å². The van der Waals surface area contributed by atoms with Crippen LogP contribution in [0, 0.1) is 0 Å². The Kier molecular flexibility index (Phi) is 2.13. The normalized spacial score (nSPS) is 21.1. The van der Waals surface area contributed by atoms with E-state index in [1.54, 1.807) is 0 Å². The number of hydrogen-bond acceptors (Lipinski definition) is 0. The summed E-state index contributed by atoms with van der Waals surface area (Å²) in [5.41, 5.74) is 1.34. The summed E-state index contributed by atoms with van der Waals surface area (Å²) in [4.78, 5) is 0. The summed E-state index contributed by atoms with van der Waals surface area (Å²) in [5.74, 6) is 0.436. The lowest BCUT2D eigenvalue weighted by atomic mass is 10.0. The van der Waals surface area contributed by atoms with Crippen molar-refractivity contribution in [3.63, 3.8) is 0 Å². The van der Waals surface area contributed by atoms with Gasteiger partial charge in [-0.15, -0.1) is 0 Å². The second-order valence-corrected chi connectivity index (χ2v) is 3.74. The molecule has 0 amide bonds. The predicted molar refractivity (Wildman–Crippen MR) is 55.3 cm³/mol. The van der Waals surface area contributed by atoms with Crippen molar-refractivity contribution in [3.8, 4) is 0 Å². The first kappa shape index (κ1) is 7.81. The largest absolute Gasteiger partial charge is 0.0721 e. The summed E-state index contributed by atoms with van der Waals surface area (Å²) >= 11 is 3.54. The molecule has 2 rings (SSSR count). The molecule has 0 N–H and O–H groups in total. The lowest BCUT2D eigenvalue weighted by Gasteiger charge is -2.07. The first-order chi connectivity index (χ1) is 5.88. The Bertz CT molecular complexity index is 322. The molecule has 1 aliphatic rings. The first-order valence-corrected chi connectivity index (χ1v) is 4.76. The molecule has 0 saturated heterocycles. The van der Waals surface area contributed by atoms with Crippen LogP contribution in [0.25, 0.3) is 0 Å². The van der Waals surface area contributed by atoms with Crippen LogP contribution >= 0.6 is 15.9 Å². The smallest absolute Gasteiger partial charge is 0.0338 e. The molecule has 0 bridgehead atoms. The molecule has 1 unspecified atom stereocenters. The molecule has 0 aromatic heterocycles. The summed E-state index contributed by atoms with van der Waals surface area (Å²) in [5, 5.41) is 0. The van der Waals surface area contributed by atoms with Crippen LogP contribution in [0.15, 0.2) is 53.0 Å². The van der Waals surface area contributed by atoms with Crippen LogP contribution in [-0.4, -0.2) is 0 Å². The molecule has 1 aliphatic carbocycles. The van der Waals surface area contributed by atoms with Gasteiger partial charge >= 0.3 is 0 Å². The van der Waals surface area contributed by atoms with Crippen LogP contribution in [0.3, 0.4) is 0 Å². The fourth-order valence-corrected chi connectivity index (χ4v) is 1.95. The zero-order chi connectivity index (χ0) is 8.39. The lowest BCUT2D eigenvalue weighted by molar-refractivity contribution is 1.09. The third kappa shape index (κ3) is 1.37. The van der Waals surface area contributed by atoms with Crippen molar-refractivity contribution in [2.45, 2.75) is 5.92 Å². The van der Waals surface area contributed by atoms with E-state index >= 15 is 0 Å². The van der Waals surface area contributed by atoms with E-state index in [0.717, 1.165) is 0 Å². The molecule has 0 heterocycles. The summed E-state index contributed by atoms with van der Waals surface area (Å²) in [7, 11) is 0. The van der Waals surface area contributed by atoms with Crippen LogP contribution < -0.4 is 0 Å². The SMILES string of the molecule is BrC1=CC=CC1c1ccccc1. The fourth-order valence-electron chi connectivity index (χ4n) is 1.38. The van der Waals surface area contributed by atoms with Gasteiger partial charge < -0.3 is 0 Å². The van der Waals surface area contributed by atoms with Gasteiger partial charge in [-0.1, -0.05) is 64.5 Å². The second kappa shape index (κ2) is 3.28. The monoisotopic (exact) mass is 220 g/mol. The van der Waals surface area contributed by atoms with E-state index in [-0.39, 0.29) is 0 Å². The predicted octanol–water partition coefficient (Wildman–Crippen LogP) is 3.62. The molecule has 0 fully saturated rings. The minimum absolute atomic E-state index is 0.436. The summed E-state index contributed by atoms with van der Waals surface area (Å²) in [6, 6.07) is 10.5. The molecular formula is C11H9Br. The molecule has 1 heteroatoms. The van der Waals surface area contributed by atoms with Crippen molar-refractivity contribution in [2.24, 2.45) is 0 Å². The zero-order valence-corrected chi connectivity index (χ0v) is 8.16. The molecule has 0 aliphatic heterocycles. The van der Waals surface area contributed by atoms with Crippen LogP contribution in [-0.2, 0) is 0 Å². The Morgan fingerprint density at radius 1 is 1.08 bits per heavy atom. The second-order valence-electron chi connectivity index (χ2n) is 2.82. The number of rotatable bonds is 1. The Balaban J connectivity index is 2.33. The number of allylic oxidation sites excluding steroid dienone is 4. The van der Waals surface area contributed by atoms with Crippen molar-refractivity contribution in [3.05, 3.63) is 58.6 Å². The number of benzene rings is 1. The van der Waals surface area contributed by atoms with Gasteiger partial charge in [0, 0.05) is 10.4 Å². The Labute approximate surface area is 80.7 Å². The van der Waals surface area contributed by atoms with Crippen LogP contribution in [0.4, 0.5) is 0 Å². The molecule has 0 nitrogen and oxygen atoms in total. The molecule has 12 heavy (non-hydrogen) atoms. The molecule has 0 saturated carbocycles. The van der Waals surface area contributed by atoms with Crippen molar-refractivity contribution in [1.29, 1.82) is 0 Å². The molecular weight excluding hydrogens is 212 g/mol. The van der Waals surface area contributed by atoms with Gasteiger partial charge in [0.25, 0.3) is 0 Å². The lowest BCUT2D eigenvalue weighted by Crippen LogP contribution is -1.90. The molecule has 1 aromatic rings. The van der Waals surface area contributed by atoms with E-state index in [2.05, 4.69) is 58.4 Å². The van der Waals surface area contributed by atoms with Crippen molar-refractivity contribution >= 4 is 15.9 Å². The van der Waals surface area contributed by atoms with Gasteiger partial charge in [-0.3, -0.25) is 0 Å². The van der Waals surface area contributed by atoms with E-state index in [1.165, 1.54) is 10.0 Å². The fraction of sp³-hybridized carbons (Fsp3) is 0.0909. The third-order valence-electron chi connectivity index (χ3n) is 2.01. The summed E-state index contributed by atoms with van der Waals surface area (Å²) < 4.78 is 1.24. The minimum atomic E-state index is 0.436. The summed E-state index contributed by atoms with van der Waals surface area (Å²) in [6.07, 6.45) is 6.37. The third-order valence-corrected chi connectivity index (χ3v) is 2.77. The Hall–Kier alpha value is -0.820. The van der Waals surface area contributed by atoms with E-state index in [4.69, 9.17) is 0 Å². The van der Waals surface area contributed by atoms with E-state index in [0.29, 0.717) is 5.92 Å². The first-order valence-electron chi connectivity index (χ1n) is 3.97. The average Bonchev–Trinajstić information content (AvgIpc) is 2.53. The molecule has 1 atom stereocenters. The highest BCUT2D eigenvalue weighted by atomic mass is 79.9. The molecule has 60 valence electrons. The number of hydrogen-bond donors (Lipinski definition) is 0. The molecule has 1 aromatic carbocycles. The van der Waals surface area contributed by atoms with Crippen molar-refractivity contribution in [2.75, 3.05) is 0 Å². The van der Waals surface area contributed by atoms with Gasteiger partial charge in [-0.05, 0) is 5.56 Å². The highest BCUT2D eigenvalue weighted by molar-refractivity contribution is 9.11. The maximum Gasteiger partial charge on any atom is 0.0338 e. The van der Waals surface area contributed by atoms with Crippen LogP contribution in [0.2, 0.25) is 0 Å². The molecule has 0 spiro atoms. The zero-order valence-electron chi connectivity index (χ0n) is 6.57. The minimum Gasteiger partial charge on any atom is -0.0721 e. The summed E-state index contributed by atoms with van der Waals surface area (Å²) in [6.45, 7) is 0. The van der Waals surface area contributed by atoms with Crippen molar-refractivity contribution < 1.29 is 0 Å². The maximum absolute atomic E-state index is 3.54. The Morgan fingerprint density at radius 2 is 1.83 bits per heavy atom. The van der Waals surface area contributed by atoms with E-state index in [1.807, 2.05) is 6.07 Å². The van der Waals surface area contributed by atoms with Crippen LogP contribution in [0.1, 0.15) is 11.5 Å². The maximum atomic E-state index is 3.54. The quantitative estimate of drug-likeness (QED) is 0.679. The highest BCUT2D eigenvalue weighted by Gasteiger charge is 2.13. The average molecular weight is 221 g/mol. The van der Waals surface area contributed by atoms with Gasteiger partial charge in [0.05, 0.1) is 0 Å². The van der Waals surface area contributed by atoms with E-state index < -0.39 is 0 Å². The van der Waals surface area contributed by atoms with Gasteiger partial charge in [0.1, 0.15) is 0 Å².